The molecule has 0 unspecified atom stereocenters. The molecule has 1 fully saturated rings. The van der Waals surface area contributed by atoms with Gasteiger partial charge in [-0.2, -0.15) is 0 Å². The van der Waals surface area contributed by atoms with Crippen LogP contribution in [0.3, 0.4) is 0 Å². The molecule has 0 spiro atoms. The molecule has 5 heteroatoms. The van der Waals surface area contributed by atoms with Gasteiger partial charge in [-0.25, -0.2) is 0 Å². The van der Waals surface area contributed by atoms with E-state index >= 15 is 0 Å². The minimum atomic E-state index is -0.329. The molecular formula is C14H19BrN2O2. The molecule has 1 saturated carbocycles. The second-order valence-electron chi connectivity index (χ2n) is 5.44. The largest absolute Gasteiger partial charge is 0.376 e. The fourth-order valence-corrected chi connectivity index (χ4v) is 3.11. The Kier molecular flexibility index (Phi) is 4.45. The van der Waals surface area contributed by atoms with E-state index in [2.05, 4.69) is 35.1 Å². The quantitative estimate of drug-likeness (QED) is 0.652. The van der Waals surface area contributed by atoms with Crippen LogP contribution in [0.4, 0.5) is 11.4 Å². The van der Waals surface area contributed by atoms with Crippen molar-refractivity contribution in [3.8, 4) is 0 Å². The number of nitro benzene ring substituents is 1. The number of hydrogen-bond donors (Lipinski definition) is 1. The Balaban J connectivity index is 2.21. The Hall–Kier alpha value is -1.10. The summed E-state index contributed by atoms with van der Waals surface area (Å²) in [7, 11) is 0. The number of benzene rings is 1. The molecule has 3 atom stereocenters. The number of hydrogen-bond acceptors (Lipinski definition) is 3. The summed E-state index contributed by atoms with van der Waals surface area (Å²) in [5.74, 6) is 1.21. The van der Waals surface area contributed by atoms with Crippen LogP contribution in [0.25, 0.3) is 0 Å². The molecule has 2 rings (SSSR count). The average Bonchev–Trinajstić information content (AvgIpc) is 2.36. The van der Waals surface area contributed by atoms with Crippen LogP contribution in [0, 0.1) is 22.0 Å². The summed E-state index contributed by atoms with van der Waals surface area (Å²) in [6, 6.07) is 5.50. The summed E-state index contributed by atoms with van der Waals surface area (Å²) >= 11 is 3.28. The van der Waals surface area contributed by atoms with Crippen LogP contribution in [0.15, 0.2) is 22.7 Å². The summed E-state index contributed by atoms with van der Waals surface area (Å²) in [4.78, 5) is 10.8. The minimum absolute atomic E-state index is 0.139. The second-order valence-corrected chi connectivity index (χ2v) is 6.35. The van der Waals surface area contributed by atoms with E-state index < -0.39 is 0 Å². The number of anilines is 1. The molecule has 1 aromatic carbocycles. The maximum Gasteiger partial charge on any atom is 0.293 e. The van der Waals surface area contributed by atoms with E-state index in [1.54, 1.807) is 12.1 Å². The predicted octanol–water partition coefficient (Wildman–Crippen LogP) is 4.59. The maximum atomic E-state index is 11.1. The van der Waals surface area contributed by atoms with Gasteiger partial charge in [-0.15, -0.1) is 0 Å². The van der Waals surface area contributed by atoms with E-state index in [1.807, 2.05) is 6.07 Å². The average molecular weight is 327 g/mol. The van der Waals surface area contributed by atoms with Crippen LogP contribution in [0.5, 0.6) is 0 Å². The molecular weight excluding hydrogens is 308 g/mol. The van der Waals surface area contributed by atoms with Crippen LogP contribution >= 0.6 is 15.9 Å². The van der Waals surface area contributed by atoms with Crippen molar-refractivity contribution < 1.29 is 4.92 Å². The van der Waals surface area contributed by atoms with Crippen molar-refractivity contribution in [2.45, 2.75) is 39.2 Å². The van der Waals surface area contributed by atoms with Crippen molar-refractivity contribution in [3.63, 3.8) is 0 Å². The molecule has 0 heterocycles. The molecule has 0 aliphatic heterocycles. The fourth-order valence-electron chi connectivity index (χ4n) is 2.76. The van der Waals surface area contributed by atoms with Gasteiger partial charge in [0.1, 0.15) is 5.69 Å². The highest BCUT2D eigenvalue weighted by atomic mass is 79.9. The third-order valence-corrected chi connectivity index (χ3v) is 4.70. The lowest BCUT2D eigenvalue weighted by Crippen LogP contribution is -2.35. The summed E-state index contributed by atoms with van der Waals surface area (Å²) in [5.41, 5.74) is 0.763. The first-order chi connectivity index (χ1) is 8.99. The van der Waals surface area contributed by atoms with Crippen molar-refractivity contribution in [2.24, 2.45) is 11.8 Å². The topological polar surface area (TPSA) is 55.2 Å². The van der Waals surface area contributed by atoms with E-state index in [0.29, 0.717) is 23.6 Å². The molecule has 0 saturated heterocycles. The second kappa shape index (κ2) is 5.90. The predicted molar refractivity (Wildman–Crippen MR) is 80.4 cm³/mol. The molecule has 0 bridgehead atoms. The summed E-state index contributed by atoms with van der Waals surface area (Å²) < 4.78 is 0.731. The third kappa shape index (κ3) is 3.26. The van der Waals surface area contributed by atoms with Gasteiger partial charge < -0.3 is 5.32 Å². The van der Waals surface area contributed by atoms with Crippen LogP contribution < -0.4 is 5.32 Å². The van der Waals surface area contributed by atoms with Gasteiger partial charge in [0.05, 0.1) is 4.92 Å². The highest BCUT2D eigenvalue weighted by molar-refractivity contribution is 9.10. The molecule has 1 aliphatic carbocycles. The zero-order chi connectivity index (χ0) is 14.0. The first-order valence-electron chi connectivity index (χ1n) is 6.69. The molecule has 4 nitrogen and oxygen atoms in total. The lowest BCUT2D eigenvalue weighted by atomic mass is 9.78. The van der Waals surface area contributed by atoms with Gasteiger partial charge in [-0.3, -0.25) is 10.1 Å². The molecule has 1 aromatic rings. The molecule has 1 aliphatic rings. The van der Waals surface area contributed by atoms with Gasteiger partial charge in [-0.05, 0) is 30.4 Å². The fraction of sp³-hybridized carbons (Fsp3) is 0.571. The standard InChI is InChI=1S/C14H19BrN2O2/c1-9-4-3-5-12(10(9)2)16-13-7-6-11(15)8-14(13)17(18)19/h6-10,12,16H,3-5H2,1-2H3/t9-,10-,12+/m1/s1. The van der Waals surface area contributed by atoms with E-state index in [-0.39, 0.29) is 10.6 Å². The zero-order valence-corrected chi connectivity index (χ0v) is 12.8. The molecule has 1 N–H and O–H groups in total. The monoisotopic (exact) mass is 326 g/mol. The van der Waals surface area contributed by atoms with Crippen molar-refractivity contribution in [1.82, 2.24) is 0 Å². The van der Waals surface area contributed by atoms with Crippen LogP contribution in [-0.2, 0) is 0 Å². The summed E-state index contributed by atoms with van der Waals surface area (Å²) in [6.45, 7) is 4.49. The van der Waals surface area contributed by atoms with E-state index in [4.69, 9.17) is 0 Å². The van der Waals surface area contributed by atoms with E-state index in [9.17, 15) is 10.1 Å². The Morgan fingerprint density at radius 2 is 2.11 bits per heavy atom. The van der Waals surface area contributed by atoms with E-state index in [0.717, 1.165) is 10.9 Å². The minimum Gasteiger partial charge on any atom is -0.376 e. The Bertz CT molecular complexity index is 479. The lowest BCUT2D eigenvalue weighted by Gasteiger charge is -2.35. The van der Waals surface area contributed by atoms with Crippen LogP contribution in [-0.4, -0.2) is 11.0 Å². The van der Waals surface area contributed by atoms with Gasteiger partial charge >= 0.3 is 0 Å². The van der Waals surface area contributed by atoms with Gasteiger partial charge in [0.15, 0.2) is 0 Å². The van der Waals surface area contributed by atoms with Crippen LogP contribution in [0.2, 0.25) is 0 Å². The van der Waals surface area contributed by atoms with Gasteiger partial charge in [-0.1, -0.05) is 42.6 Å². The molecule has 104 valence electrons. The van der Waals surface area contributed by atoms with Crippen molar-refractivity contribution >= 4 is 27.3 Å². The van der Waals surface area contributed by atoms with E-state index in [1.165, 1.54) is 12.8 Å². The molecule has 0 radical (unpaired) electrons. The van der Waals surface area contributed by atoms with Crippen LogP contribution in [0.1, 0.15) is 33.1 Å². The molecule has 0 aromatic heterocycles. The molecule has 0 amide bonds. The number of nitrogens with zero attached hydrogens (tertiary/aromatic N) is 1. The van der Waals surface area contributed by atoms with Gasteiger partial charge in [0.25, 0.3) is 5.69 Å². The maximum absolute atomic E-state index is 11.1. The van der Waals surface area contributed by atoms with Crippen molar-refractivity contribution in [1.29, 1.82) is 0 Å². The number of halogens is 1. The third-order valence-electron chi connectivity index (χ3n) is 4.20. The summed E-state index contributed by atoms with van der Waals surface area (Å²) in [5, 5.41) is 14.5. The Morgan fingerprint density at radius 1 is 1.37 bits per heavy atom. The highest BCUT2D eigenvalue weighted by Crippen LogP contribution is 2.34. The van der Waals surface area contributed by atoms with Crippen molar-refractivity contribution in [2.75, 3.05) is 5.32 Å². The Morgan fingerprint density at radius 3 is 2.79 bits per heavy atom. The molecule has 19 heavy (non-hydrogen) atoms. The smallest absolute Gasteiger partial charge is 0.293 e. The first kappa shape index (κ1) is 14.3. The SMILES string of the molecule is C[C@@H]1[C@H](C)CCC[C@@H]1Nc1ccc(Br)cc1[N+](=O)[O-]. The normalized spacial score (nSPS) is 27.0. The Labute approximate surface area is 121 Å². The number of rotatable bonds is 3. The van der Waals surface area contributed by atoms with Gasteiger partial charge in [0.2, 0.25) is 0 Å². The van der Waals surface area contributed by atoms with Crippen molar-refractivity contribution in [3.05, 3.63) is 32.8 Å². The summed E-state index contributed by atoms with van der Waals surface area (Å²) in [6.07, 6.45) is 3.52. The number of nitro groups is 1. The lowest BCUT2D eigenvalue weighted by molar-refractivity contribution is -0.384. The first-order valence-corrected chi connectivity index (χ1v) is 7.49. The van der Waals surface area contributed by atoms with Gasteiger partial charge in [0, 0.05) is 16.6 Å². The number of nitrogens with one attached hydrogen (secondary N) is 1. The zero-order valence-electron chi connectivity index (χ0n) is 11.2. The highest BCUT2D eigenvalue weighted by Gasteiger charge is 2.28.